The summed E-state index contributed by atoms with van der Waals surface area (Å²) in [5.74, 6) is 1.05. The highest BCUT2D eigenvalue weighted by Gasteiger charge is 2.26. The van der Waals surface area contributed by atoms with Crippen molar-refractivity contribution < 1.29 is 19.0 Å². The Hall–Kier alpha value is -3.21. The molecule has 1 aliphatic heterocycles. The van der Waals surface area contributed by atoms with E-state index in [2.05, 4.69) is 0 Å². The summed E-state index contributed by atoms with van der Waals surface area (Å²) in [5, 5.41) is 10.8. The van der Waals surface area contributed by atoms with Gasteiger partial charge in [-0.1, -0.05) is 12.1 Å². The van der Waals surface area contributed by atoms with Gasteiger partial charge in [-0.25, -0.2) is 0 Å². The van der Waals surface area contributed by atoms with Crippen molar-refractivity contribution in [2.24, 2.45) is 0 Å². The highest BCUT2D eigenvalue weighted by atomic mass is 16.5. The van der Waals surface area contributed by atoms with E-state index in [1.165, 1.54) is 6.26 Å². The molecule has 26 heavy (non-hydrogen) atoms. The van der Waals surface area contributed by atoms with Gasteiger partial charge < -0.3 is 19.0 Å². The van der Waals surface area contributed by atoms with Crippen LogP contribution >= 0.6 is 0 Å². The van der Waals surface area contributed by atoms with Crippen LogP contribution in [0, 0.1) is 0 Å². The molecule has 1 aliphatic rings. The van der Waals surface area contributed by atoms with Gasteiger partial charge in [0.2, 0.25) is 5.43 Å². The second-order valence-electron chi connectivity index (χ2n) is 6.76. The molecule has 5 heteroatoms. The topological polar surface area (TPSA) is 68.9 Å². The van der Waals surface area contributed by atoms with Crippen molar-refractivity contribution in [1.82, 2.24) is 0 Å². The van der Waals surface area contributed by atoms with E-state index in [1.807, 2.05) is 19.9 Å². The van der Waals surface area contributed by atoms with Crippen LogP contribution in [0.25, 0.3) is 28.2 Å². The Morgan fingerprint density at radius 2 is 1.88 bits per heavy atom. The maximum Gasteiger partial charge on any atom is 0.204 e. The normalized spacial score (nSPS) is 14.7. The zero-order chi connectivity index (χ0) is 18.5. The largest absolute Gasteiger partial charge is 0.506 e. The van der Waals surface area contributed by atoms with Crippen LogP contribution in [0.4, 0.5) is 0 Å². The maximum atomic E-state index is 13.0. The number of phenols is 1. The smallest absolute Gasteiger partial charge is 0.204 e. The summed E-state index contributed by atoms with van der Waals surface area (Å²) in [6, 6.07) is 8.74. The number of ether oxygens (including phenoxy) is 2. The average Bonchev–Trinajstić information content (AvgIpc) is 2.61. The predicted octanol–water partition coefficient (Wildman–Crippen LogP) is 4.36. The summed E-state index contributed by atoms with van der Waals surface area (Å²) in [7, 11) is 1.58. The fourth-order valence-electron chi connectivity index (χ4n) is 3.08. The number of aromatic hydroxyl groups is 1. The molecule has 0 fully saturated rings. The summed E-state index contributed by atoms with van der Waals surface area (Å²) in [5.41, 5.74) is 1.04. The van der Waals surface area contributed by atoms with Crippen LogP contribution in [0.3, 0.4) is 0 Å². The molecule has 0 unspecified atom stereocenters. The number of phenolic OH excluding ortho intramolecular Hbond substituents is 1. The predicted molar refractivity (Wildman–Crippen MR) is 99.9 cm³/mol. The number of hydrogen-bond donors (Lipinski definition) is 1. The molecule has 4 rings (SSSR count). The third-order valence-electron chi connectivity index (χ3n) is 4.47. The lowest BCUT2D eigenvalue weighted by Gasteiger charge is -2.28. The van der Waals surface area contributed by atoms with Crippen molar-refractivity contribution in [3.8, 4) is 28.4 Å². The number of hydrogen-bond acceptors (Lipinski definition) is 5. The first-order valence-corrected chi connectivity index (χ1v) is 8.24. The minimum absolute atomic E-state index is 0.131. The number of fused-ring (bicyclic) bond motifs is 2. The van der Waals surface area contributed by atoms with E-state index in [-0.39, 0.29) is 22.1 Å². The molecule has 2 heterocycles. The van der Waals surface area contributed by atoms with Crippen LogP contribution in [0.5, 0.6) is 17.2 Å². The molecule has 0 saturated carbocycles. The highest BCUT2D eigenvalue weighted by molar-refractivity contribution is 5.93. The van der Waals surface area contributed by atoms with Crippen molar-refractivity contribution >= 4 is 17.0 Å². The van der Waals surface area contributed by atoms with Gasteiger partial charge in [0.15, 0.2) is 0 Å². The molecule has 0 aliphatic carbocycles. The zero-order valence-corrected chi connectivity index (χ0v) is 14.7. The van der Waals surface area contributed by atoms with Gasteiger partial charge in [-0.3, -0.25) is 4.79 Å². The molecule has 0 radical (unpaired) electrons. The average molecular weight is 350 g/mol. The van der Waals surface area contributed by atoms with Crippen LogP contribution in [0.15, 0.2) is 51.9 Å². The van der Waals surface area contributed by atoms with Crippen molar-refractivity contribution in [2.75, 3.05) is 7.11 Å². The van der Waals surface area contributed by atoms with Crippen LogP contribution in [-0.4, -0.2) is 17.8 Å². The van der Waals surface area contributed by atoms with Gasteiger partial charge in [-0.2, -0.15) is 0 Å². The minimum Gasteiger partial charge on any atom is -0.506 e. The molecule has 1 aromatic heterocycles. The summed E-state index contributed by atoms with van der Waals surface area (Å²) >= 11 is 0. The Morgan fingerprint density at radius 1 is 1.15 bits per heavy atom. The monoisotopic (exact) mass is 350 g/mol. The molecule has 0 amide bonds. The number of rotatable bonds is 2. The number of methoxy groups -OCH3 is 1. The first-order chi connectivity index (χ1) is 12.4. The molecule has 3 aromatic rings. The zero-order valence-electron chi connectivity index (χ0n) is 14.7. The SMILES string of the molecule is COc1ccc(-c2coc3cc4c(c(O)c3c2=O)C=CC(C)(C)O4)cc1. The van der Waals surface area contributed by atoms with E-state index in [9.17, 15) is 9.90 Å². The van der Waals surface area contributed by atoms with Gasteiger partial charge in [0.1, 0.15) is 40.1 Å². The highest BCUT2D eigenvalue weighted by Crippen LogP contribution is 2.41. The van der Waals surface area contributed by atoms with Crippen LogP contribution in [0.2, 0.25) is 0 Å². The molecule has 1 N–H and O–H groups in total. The first kappa shape index (κ1) is 16.3. The lowest BCUT2D eigenvalue weighted by Crippen LogP contribution is -2.27. The quantitative estimate of drug-likeness (QED) is 0.744. The van der Waals surface area contributed by atoms with E-state index in [1.54, 1.807) is 43.5 Å². The van der Waals surface area contributed by atoms with E-state index in [4.69, 9.17) is 13.9 Å². The van der Waals surface area contributed by atoms with Gasteiger partial charge in [-0.15, -0.1) is 0 Å². The van der Waals surface area contributed by atoms with Crippen LogP contribution in [0.1, 0.15) is 19.4 Å². The summed E-state index contributed by atoms with van der Waals surface area (Å²) < 4.78 is 16.7. The lowest BCUT2D eigenvalue weighted by molar-refractivity contribution is 0.158. The first-order valence-electron chi connectivity index (χ1n) is 8.24. The molecule has 0 spiro atoms. The molecular formula is C21H18O5. The summed E-state index contributed by atoms with van der Waals surface area (Å²) in [4.78, 5) is 13.0. The second kappa shape index (κ2) is 5.66. The lowest BCUT2D eigenvalue weighted by atomic mass is 9.98. The Kier molecular flexibility index (Phi) is 3.54. The van der Waals surface area contributed by atoms with Gasteiger partial charge in [0.25, 0.3) is 0 Å². The molecule has 5 nitrogen and oxygen atoms in total. The fraction of sp³-hybridized carbons (Fsp3) is 0.190. The Balaban J connectivity index is 1.93. The molecule has 0 saturated heterocycles. The Bertz CT molecular complexity index is 1090. The molecule has 2 aromatic carbocycles. The molecule has 0 atom stereocenters. The van der Waals surface area contributed by atoms with Crippen molar-refractivity contribution in [2.45, 2.75) is 19.4 Å². The van der Waals surface area contributed by atoms with Gasteiger partial charge >= 0.3 is 0 Å². The van der Waals surface area contributed by atoms with Crippen molar-refractivity contribution in [3.05, 3.63) is 58.5 Å². The van der Waals surface area contributed by atoms with E-state index in [0.29, 0.717) is 28.2 Å². The van der Waals surface area contributed by atoms with Crippen LogP contribution in [-0.2, 0) is 0 Å². The van der Waals surface area contributed by atoms with Crippen molar-refractivity contribution in [1.29, 1.82) is 0 Å². The Labute approximate surface area is 150 Å². The van der Waals surface area contributed by atoms with Gasteiger partial charge in [0.05, 0.1) is 18.2 Å². The molecule has 132 valence electrons. The van der Waals surface area contributed by atoms with E-state index in [0.717, 1.165) is 0 Å². The molecule has 0 bridgehead atoms. The van der Waals surface area contributed by atoms with E-state index < -0.39 is 5.60 Å². The standard InChI is InChI=1S/C21H18O5/c1-21(2)9-8-14-16(26-21)10-17-18(19(14)22)20(23)15(11-25-17)12-4-6-13(24-3)7-5-12/h4-11,22H,1-3H3. The van der Waals surface area contributed by atoms with Crippen molar-refractivity contribution in [3.63, 3.8) is 0 Å². The third-order valence-corrected chi connectivity index (χ3v) is 4.47. The summed E-state index contributed by atoms with van der Waals surface area (Å²) in [6.45, 7) is 3.83. The summed E-state index contributed by atoms with van der Waals surface area (Å²) in [6.07, 6.45) is 5.02. The third kappa shape index (κ3) is 2.52. The Morgan fingerprint density at radius 3 is 2.58 bits per heavy atom. The second-order valence-corrected chi connectivity index (χ2v) is 6.76. The molecular weight excluding hydrogens is 332 g/mol. The van der Waals surface area contributed by atoms with E-state index >= 15 is 0 Å². The van der Waals surface area contributed by atoms with Crippen LogP contribution < -0.4 is 14.9 Å². The maximum absolute atomic E-state index is 13.0. The van der Waals surface area contributed by atoms with Gasteiger partial charge in [-0.05, 0) is 43.7 Å². The van der Waals surface area contributed by atoms with Gasteiger partial charge in [0, 0.05) is 6.07 Å². The fourth-order valence-corrected chi connectivity index (χ4v) is 3.08. The number of benzene rings is 2. The minimum atomic E-state index is -0.490.